The maximum Gasteiger partial charge on any atom is 0.338 e. The summed E-state index contributed by atoms with van der Waals surface area (Å²) < 4.78 is 33.3. The number of benzene rings is 2. The minimum Gasteiger partial charge on any atom is -0.454 e. The van der Waals surface area contributed by atoms with Gasteiger partial charge in [0.1, 0.15) is 0 Å². The summed E-state index contributed by atoms with van der Waals surface area (Å²) in [6.45, 7) is 7.77. The number of hydrogen-bond donors (Lipinski definition) is 1. The van der Waals surface area contributed by atoms with E-state index in [1.165, 1.54) is 29.4 Å². The molecule has 0 radical (unpaired) electrons. The van der Waals surface area contributed by atoms with Gasteiger partial charge in [0.25, 0.3) is 10.0 Å². The largest absolute Gasteiger partial charge is 0.454 e. The van der Waals surface area contributed by atoms with Gasteiger partial charge in [-0.3, -0.25) is 13.9 Å². The summed E-state index contributed by atoms with van der Waals surface area (Å²) in [5, 5.41) is 0. The molecule has 1 aromatic heterocycles. The number of nitrogens with one attached hydrogen (secondary N) is 1. The van der Waals surface area contributed by atoms with Crippen molar-refractivity contribution < 1.29 is 27.5 Å². The molecule has 0 aliphatic rings. The van der Waals surface area contributed by atoms with Crippen molar-refractivity contribution in [2.45, 2.75) is 39.5 Å². The molecule has 0 amide bonds. The molecular formula is C26H28N2O6S. The summed E-state index contributed by atoms with van der Waals surface area (Å²) in [5.74, 6) is -1.49. The number of rotatable bonds is 9. The molecule has 2 aromatic carbocycles. The first-order valence-electron chi connectivity index (χ1n) is 11.1. The highest BCUT2D eigenvalue weighted by Gasteiger charge is 2.27. The SMILES string of the molecule is CCN(c1ccccc1)S(=O)(=O)c1cc(C(=O)OCC(=O)c2[nH]c(C)c(C(C)=O)c2C)ccc1C. The second kappa shape index (κ2) is 10.3. The van der Waals surface area contributed by atoms with E-state index in [4.69, 9.17) is 4.74 Å². The van der Waals surface area contributed by atoms with Crippen molar-refractivity contribution in [1.82, 2.24) is 4.98 Å². The van der Waals surface area contributed by atoms with Gasteiger partial charge in [0, 0.05) is 17.8 Å². The summed E-state index contributed by atoms with van der Waals surface area (Å²) >= 11 is 0. The van der Waals surface area contributed by atoms with E-state index in [-0.39, 0.29) is 28.5 Å². The molecule has 0 bridgehead atoms. The van der Waals surface area contributed by atoms with Crippen LogP contribution in [0.2, 0.25) is 0 Å². The fourth-order valence-electron chi connectivity index (χ4n) is 4.05. The van der Waals surface area contributed by atoms with E-state index < -0.39 is 28.4 Å². The maximum atomic E-state index is 13.4. The van der Waals surface area contributed by atoms with E-state index in [0.29, 0.717) is 28.1 Å². The Morgan fingerprint density at radius 2 is 1.66 bits per heavy atom. The van der Waals surface area contributed by atoms with Gasteiger partial charge in [-0.25, -0.2) is 13.2 Å². The summed E-state index contributed by atoms with van der Waals surface area (Å²) in [4.78, 5) is 40.0. The van der Waals surface area contributed by atoms with Gasteiger partial charge >= 0.3 is 5.97 Å². The third-order valence-corrected chi connectivity index (χ3v) is 7.77. The summed E-state index contributed by atoms with van der Waals surface area (Å²) in [6, 6.07) is 12.9. The first-order valence-corrected chi connectivity index (χ1v) is 12.5. The van der Waals surface area contributed by atoms with Gasteiger partial charge in [0.2, 0.25) is 5.78 Å². The number of esters is 1. The normalized spacial score (nSPS) is 11.2. The average Bonchev–Trinajstić information content (AvgIpc) is 3.12. The van der Waals surface area contributed by atoms with Crippen LogP contribution >= 0.6 is 0 Å². The zero-order valence-corrected chi connectivity index (χ0v) is 21.2. The van der Waals surface area contributed by atoms with Crippen LogP contribution in [0.1, 0.15) is 61.9 Å². The van der Waals surface area contributed by atoms with Crippen LogP contribution in [0, 0.1) is 20.8 Å². The lowest BCUT2D eigenvalue weighted by Gasteiger charge is -2.24. The molecule has 1 heterocycles. The second-order valence-electron chi connectivity index (χ2n) is 8.17. The predicted molar refractivity (Wildman–Crippen MR) is 133 cm³/mol. The molecular weight excluding hydrogens is 468 g/mol. The number of carbonyl (C=O) groups is 3. The quantitative estimate of drug-likeness (QED) is 0.347. The Balaban J connectivity index is 1.83. The van der Waals surface area contributed by atoms with Gasteiger partial charge in [0.05, 0.1) is 21.8 Å². The molecule has 0 fully saturated rings. The molecule has 8 nitrogen and oxygen atoms in total. The van der Waals surface area contributed by atoms with Gasteiger partial charge < -0.3 is 9.72 Å². The Hall–Kier alpha value is -3.72. The van der Waals surface area contributed by atoms with E-state index in [1.807, 2.05) is 0 Å². The Morgan fingerprint density at radius 1 is 1.00 bits per heavy atom. The van der Waals surface area contributed by atoms with Crippen LogP contribution in [0.3, 0.4) is 0 Å². The Morgan fingerprint density at radius 3 is 2.23 bits per heavy atom. The van der Waals surface area contributed by atoms with Gasteiger partial charge in [-0.05, 0) is 70.0 Å². The number of para-hydroxylation sites is 1. The third kappa shape index (κ3) is 5.19. The number of sulfonamides is 1. The van der Waals surface area contributed by atoms with Gasteiger partial charge in [0.15, 0.2) is 12.4 Å². The highest BCUT2D eigenvalue weighted by molar-refractivity contribution is 7.92. The number of ether oxygens (including phenoxy) is 1. The second-order valence-corrected chi connectivity index (χ2v) is 10.00. The van der Waals surface area contributed by atoms with Crippen molar-refractivity contribution in [3.63, 3.8) is 0 Å². The number of aromatic amines is 1. The number of anilines is 1. The summed E-state index contributed by atoms with van der Waals surface area (Å²) in [5.41, 5.74) is 2.70. The van der Waals surface area contributed by atoms with Crippen LogP contribution in [0.4, 0.5) is 5.69 Å². The lowest BCUT2D eigenvalue weighted by Crippen LogP contribution is -2.31. The van der Waals surface area contributed by atoms with Crippen molar-refractivity contribution in [3.05, 3.63) is 82.2 Å². The number of aryl methyl sites for hydroxylation is 2. The molecule has 1 N–H and O–H groups in total. The zero-order chi connectivity index (χ0) is 25.9. The molecule has 0 aliphatic heterocycles. The van der Waals surface area contributed by atoms with Gasteiger partial charge in [-0.15, -0.1) is 0 Å². The molecule has 0 spiro atoms. The predicted octanol–water partition coefficient (Wildman–Crippen LogP) is 4.40. The van der Waals surface area contributed by atoms with Crippen molar-refractivity contribution in [2.75, 3.05) is 17.5 Å². The van der Waals surface area contributed by atoms with Crippen molar-refractivity contribution >= 4 is 33.2 Å². The van der Waals surface area contributed by atoms with E-state index in [2.05, 4.69) is 4.98 Å². The first-order chi connectivity index (χ1) is 16.5. The lowest BCUT2D eigenvalue weighted by molar-refractivity contribution is 0.0473. The average molecular weight is 497 g/mol. The number of nitrogens with zero attached hydrogens (tertiary/aromatic N) is 1. The van der Waals surface area contributed by atoms with Gasteiger partial charge in [-0.1, -0.05) is 24.3 Å². The summed E-state index contributed by atoms with van der Waals surface area (Å²) in [6.07, 6.45) is 0. The van der Waals surface area contributed by atoms with Crippen LogP contribution in [-0.2, 0) is 14.8 Å². The van der Waals surface area contributed by atoms with Crippen LogP contribution < -0.4 is 4.31 Å². The van der Waals surface area contributed by atoms with Crippen LogP contribution in [0.5, 0.6) is 0 Å². The minimum absolute atomic E-state index is 0.00917. The van der Waals surface area contributed by atoms with Crippen LogP contribution in [0.15, 0.2) is 53.4 Å². The third-order valence-electron chi connectivity index (χ3n) is 5.73. The van der Waals surface area contributed by atoms with E-state index >= 15 is 0 Å². The highest BCUT2D eigenvalue weighted by Crippen LogP contribution is 2.26. The van der Waals surface area contributed by atoms with Crippen molar-refractivity contribution in [1.29, 1.82) is 0 Å². The molecule has 0 saturated heterocycles. The number of hydrogen-bond acceptors (Lipinski definition) is 6. The number of aromatic nitrogens is 1. The summed E-state index contributed by atoms with van der Waals surface area (Å²) in [7, 11) is -3.96. The van der Waals surface area contributed by atoms with Crippen molar-refractivity contribution in [3.8, 4) is 0 Å². The van der Waals surface area contributed by atoms with E-state index in [0.717, 1.165) is 0 Å². The Bertz CT molecular complexity index is 1390. The molecule has 3 rings (SSSR count). The Labute approximate surface area is 205 Å². The number of H-pyrrole nitrogens is 1. The molecule has 9 heteroatoms. The number of Topliss-reactive ketones (excluding diaryl/α,β-unsaturated/α-hetero) is 2. The molecule has 184 valence electrons. The highest BCUT2D eigenvalue weighted by atomic mass is 32.2. The minimum atomic E-state index is -3.96. The molecule has 0 unspecified atom stereocenters. The first kappa shape index (κ1) is 25.9. The Kier molecular flexibility index (Phi) is 7.60. The van der Waals surface area contributed by atoms with Crippen LogP contribution in [0.25, 0.3) is 0 Å². The standard InChI is InChI=1S/C26H28N2O6S/c1-6-28(21-10-8-7-9-11-21)35(32,33)23-14-20(13-12-16(23)2)26(31)34-15-22(30)25-17(3)24(19(5)29)18(4)27-25/h7-14,27H,6,15H2,1-5H3. The monoisotopic (exact) mass is 496 g/mol. The smallest absolute Gasteiger partial charge is 0.338 e. The molecule has 0 atom stereocenters. The fraction of sp³-hybridized carbons (Fsp3) is 0.269. The number of ketones is 2. The van der Waals surface area contributed by atoms with Gasteiger partial charge in [-0.2, -0.15) is 0 Å². The van der Waals surface area contributed by atoms with Crippen molar-refractivity contribution in [2.24, 2.45) is 0 Å². The number of carbonyl (C=O) groups excluding carboxylic acids is 3. The van der Waals surface area contributed by atoms with E-state index in [9.17, 15) is 22.8 Å². The molecule has 3 aromatic rings. The zero-order valence-electron chi connectivity index (χ0n) is 20.3. The maximum absolute atomic E-state index is 13.4. The van der Waals surface area contributed by atoms with Crippen LogP contribution in [-0.4, -0.2) is 44.1 Å². The molecule has 35 heavy (non-hydrogen) atoms. The fourth-order valence-corrected chi connectivity index (χ4v) is 5.78. The van der Waals surface area contributed by atoms with E-state index in [1.54, 1.807) is 58.0 Å². The molecule has 0 aliphatic carbocycles. The lowest BCUT2D eigenvalue weighted by atomic mass is 10.1. The molecule has 0 saturated carbocycles. The topological polar surface area (TPSA) is 114 Å².